The first-order valence-electron chi connectivity index (χ1n) is 11.2. The molecule has 0 aliphatic carbocycles. The molecule has 4 bridgehead atoms. The number of hydrogen-bond acceptors (Lipinski definition) is 7. The maximum absolute atomic E-state index is 15.5. The number of hydrogen-bond donors (Lipinski definition) is 1. The molecule has 194 valence electrons. The molecule has 1 amide bonds. The molecule has 0 radical (unpaired) electrons. The molecule has 3 aliphatic rings. The third-order valence-electron chi connectivity index (χ3n) is 6.63. The predicted octanol–water partition coefficient (Wildman–Crippen LogP) is 1.95. The Balaban J connectivity index is 1.68. The molecule has 2 aromatic rings. The zero-order valence-corrected chi connectivity index (χ0v) is 20.1. The minimum Gasteiger partial charge on any atom is -0.435 e. The molecular formula is C22H23F4N5O4S. The summed E-state index contributed by atoms with van der Waals surface area (Å²) in [4.78, 5) is 24.2. The number of benzene rings is 1. The number of halogens is 4. The number of amides is 1. The second kappa shape index (κ2) is 8.54. The van der Waals surface area contributed by atoms with E-state index >= 15 is 13.2 Å². The molecule has 4 atom stereocenters. The molecule has 2 saturated heterocycles. The molecule has 1 N–H and O–H groups in total. The Hall–Kier alpha value is -3.00. The standard InChI is InChI=1S/C22H23F4N5O4S/c1-11-8-27-21-28-19(11)35-16-5-3-4-12(17(16)24)6-14-18(29-36(2,33)34)22(25,26)10-31(14)20(32)15-7-13(23)9-30(15)21/h3-5,8,13-15,18,29H,6-7,9-10H2,1-2H3/t13-,14+,15+,18-/m1/s1. The van der Waals surface area contributed by atoms with Crippen LogP contribution in [-0.4, -0.2) is 78.8 Å². The van der Waals surface area contributed by atoms with Gasteiger partial charge >= 0.3 is 0 Å². The monoisotopic (exact) mass is 529 g/mol. The minimum absolute atomic E-state index is 0.00698. The highest BCUT2D eigenvalue weighted by molar-refractivity contribution is 7.88. The number of nitrogens with zero attached hydrogens (tertiary/aromatic N) is 4. The van der Waals surface area contributed by atoms with Gasteiger partial charge in [-0.3, -0.25) is 4.79 Å². The molecule has 9 nitrogen and oxygen atoms in total. The van der Waals surface area contributed by atoms with E-state index in [2.05, 4.69) is 9.97 Å². The third-order valence-corrected chi connectivity index (χ3v) is 7.31. The number of aromatic nitrogens is 2. The maximum atomic E-state index is 15.5. The van der Waals surface area contributed by atoms with Crippen molar-refractivity contribution in [3.63, 3.8) is 0 Å². The first-order valence-corrected chi connectivity index (χ1v) is 13.1. The zero-order chi connectivity index (χ0) is 26.0. The Morgan fingerprint density at radius 3 is 2.72 bits per heavy atom. The SMILES string of the molecule is Cc1cnc2nc1Oc1cccc(c1F)C[C@H]1[C@@H](NS(C)(=O)=O)C(F)(F)CN1C(=O)[C@@H]1C[C@@H](F)CN21. The predicted molar refractivity (Wildman–Crippen MR) is 120 cm³/mol. The van der Waals surface area contributed by atoms with Crippen LogP contribution in [0.3, 0.4) is 0 Å². The fraction of sp³-hybridized carbons (Fsp3) is 0.500. The number of anilines is 1. The van der Waals surface area contributed by atoms with E-state index in [1.54, 1.807) is 6.92 Å². The number of rotatable bonds is 2. The van der Waals surface area contributed by atoms with Gasteiger partial charge in [-0.25, -0.2) is 35.7 Å². The smallest absolute Gasteiger partial charge is 0.283 e. The van der Waals surface area contributed by atoms with Crippen LogP contribution in [0.1, 0.15) is 17.5 Å². The van der Waals surface area contributed by atoms with Gasteiger partial charge in [0.2, 0.25) is 27.8 Å². The van der Waals surface area contributed by atoms with Crippen LogP contribution in [0.25, 0.3) is 0 Å². The average Bonchev–Trinajstić information content (AvgIpc) is 3.28. The van der Waals surface area contributed by atoms with Crippen molar-refractivity contribution in [2.24, 2.45) is 0 Å². The molecule has 4 heterocycles. The highest BCUT2D eigenvalue weighted by Gasteiger charge is 2.58. The first kappa shape index (κ1) is 24.7. The number of alkyl halides is 3. The lowest BCUT2D eigenvalue weighted by molar-refractivity contribution is -0.134. The van der Waals surface area contributed by atoms with Gasteiger partial charge in [-0.1, -0.05) is 12.1 Å². The average molecular weight is 530 g/mol. The van der Waals surface area contributed by atoms with E-state index in [-0.39, 0.29) is 36.1 Å². The summed E-state index contributed by atoms with van der Waals surface area (Å²) < 4.78 is 91.9. The summed E-state index contributed by atoms with van der Waals surface area (Å²) >= 11 is 0. The molecule has 3 aliphatic heterocycles. The van der Waals surface area contributed by atoms with Crippen molar-refractivity contribution in [3.05, 3.63) is 41.3 Å². The Morgan fingerprint density at radius 1 is 1.25 bits per heavy atom. The number of ether oxygens (including phenoxy) is 1. The fourth-order valence-corrected chi connectivity index (χ4v) is 5.77. The molecule has 0 saturated carbocycles. The summed E-state index contributed by atoms with van der Waals surface area (Å²) in [6, 6.07) is -0.584. The van der Waals surface area contributed by atoms with Crippen LogP contribution in [0.5, 0.6) is 11.6 Å². The van der Waals surface area contributed by atoms with Gasteiger partial charge in [0.05, 0.1) is 25.4 Å². The number of sulfonamides is 1. The van der Waals surface area contributed by atoms with E-state index < -0.39 is 64.9 Å². The van der Waals surface area contributed by atoms with Crippen molar-refractivity contribution >= 4 is 21.9 Å². The topological polar surface area (TPSA) is 105 Å². The largest absolute Gasteiger partial charge is 0.435 e. The minimum atomic E-state index is -4.13. The molecule has 1 aromatic heterocycles. The lowest BCUT2D eigenvalue weighted by Crippen LogP contribution is -2.54. The van der Waals surface area contributed by atoms with Gasteiger partial charge in [-0.05, 0) is 25.0 Å². The zero-order valence-electron chi connectivity index (χ0n) is 19.3. The Bertz CT molecular complexity index is 1330. The molecule has 1 aromatic carbocycles. The van der Waals surface area contributed by atoms with Crippen molar-refractivity contribution in [2.45, 2.75) is 50.0 Å². The van der Waals surface area contributed by atoms with E-state index in [1.165, 1.54) is 29.3 Å². The summed E-state index contributed by atoms with van der Waals surface area (Å²) in [6.45, 7) is 0.243. The Morgan fingerprint density at radius 2 is 2.00 bits per heavy atom. The summed E-state index contributed by atoms with van der Waals surface area (Å²) in [6.07, 6.45) is -0.0944. The fourth-order valence-electron chi connectivity index (χ4n) is 4.98. The van der Waals surface area contributed by atoms with Crippen molar-refractivity contribution in [2.75, 3.05) is 24.2 Å². The Labute approximate surface area is 204 Å². The second-order valence-electron chi connectivity index (χ2n) is 9.36. The van der Waals surface area contributed by atoms with Crippen molar-refractivity contribution < 1.29 is 35.5 Å². The van der Waals surface area contributed by atoms with Gasteiger partial charge in [-0.2, -0.15) is 4.98 Å². The second-order valence-corrected chi connectivity index (χ2v) is 11.1. The number of aryl methyl sites for hydroxylation is 1. The van der Waals surface area contributed by atoms with Crippen LogP contribution in [0.4, 0.5) is 23.5 Å². The summed E-state index contributed by atoms with van der Waals surface area (Å²) in [5, 5.41) is 0. The van der Waals surface area contributed by atoms with Crippen LogP contribution in [0.15, 0.2) is 24.4 Å². The highest BCUT2D eigenvalue weighted by Crippen LogP contribution is 2.39. The lowest BCUT2D eigenvalue weighted by Gasteiger charge is -2.32. The van der Waals surface area contributed by atoms with Gasteiger partial charge in [0.25, 0.3) is 5.92 Å². The normalized spacial score (nSPS) is 27.4. The lowest BCUT2D eigenvalue weighted by atomic mass is 9.98. The summed E-state index contributed by atoms with van der Waals surface area (Å²) in [5.74, 6) is -5.69. The van der Waals surface area contributed by atoms with E-state index in [0.29, 0.717) is 5.56 Å². The molecule has 0 spiro atoms. The van der Waals surface area contributed by atoms with E-state index in [4.69, 9.17) is 4.74 Å². The van der Waals surface area contributed by atoms with Gasteiger partial charge in [0.1, 0.15) is 18.3 Å². The van der Waals surface area contributed by atoms with Crippen LogP contribution >= 0.6 is 0 Å². The van der Waals surface area contributed by atoms with Crippen LogP contribution < -0.4 is 14.4 Å². The van der Waals surface area contributed by atoms with Crippen molar-refractivity contribution in [1.29, 1.82) is 0 Å². The van der Waals surface area contributed by atoms with Gasteiger partial charge in [0, 0.05) is 18.2 Å². The van der Waals surface area contributed by atoms with Gasteiger partial charge in [0.15, 0.2) is 11.6 Å². The van der Waals surface area contributed by atoms with E-state index in [0.717, 1.165) is 11.2 Å². The van der Waals surface area contributed by atoms with E-state index in [1.807, 2.05) is 4.72 Å². The third kappa shape index (κ3) is 4.36. The molecule has 14 heteroatoms. The number of carbonyl (C=O) groups is 1. The van der Waals surface area contributed by atoms with Crippen LogP contribution in [0.2, 0.25) is 0 Å². The van der Waals surface area contributed by atoms with Crippen molar-refractivity contribution in [3.8, 4) is 11.6 Å². The van der Waals surface area contributed by atoms with Crippen LogP contribution in [0, 0.1) is 12.7 Å². The number of fused-ring (bicyclic) bond motifs is 7. The molecule has 0 unspecified atom stereocenters. The summed E-state index contributed by atoms with van der Waals surface area (Å²) in [5.41, 5.74) is 0.390. The first-order chi connectivity index (χ1) is 16.8. The van der Waals surface area contributed by atoms with Crippen LogP contribution in [-0.2, 0) is 21.2 Å². The van der Waals surface area contributed by atoms with Crippen molar-refractivity contribution in [1.82, 2.24) is 19.6 Å². The molecular weight excluding hydrogens is 506 g/mol. The van der Waals surface area contributed by atoms with Gasteiger partial charge in [-0.15, -0.1) is 0 Å². The van der Waals surface area contributed by atoms with E-state index in [9.17, 15) is 17.6 Å². The molecule has 5 rings (SSSR count). The maximum Gasteiger partial charge on any atom is 0.283 e. The summed E-state index contributed by atoms with van der Waals surface area (Å²) in [7, 11) is -4.13. The molecule has 36 heavy (non-hydrogen) atoms. The number of carbonyl (C=O) groups excluding carboxylic acids is 1. The Kier molecular flexibility index (Phi) is 5.86. The quantitative estimate of drug-likeness (QED) is 0.593. The molecule has 2 fully saturated rings. The van der Waals surface area contributed by atoms with Gasteiger partial charge < -0.3 is 14.5 Å². The number of nitrogens with one attached hydrogen (secondary N) is 1. The highest BCUT2D eigenvalue weighted by atomic mass is 32.2.